The number of fused-ring (bicyclic) bond motifs is 10. The maximum Gasteiger partial charge on any atom is 0.197 e. The molecule has 11 rings (SSSR count). The molecule has 0 aliphatic carbocycles. The van der Waals surface area contributed by atoms with Crippen molar-refractivity contribution in [3.8, 4) is 34.3 Å². The second-order valence-corrected chi connectivity index (χ2v) is 13.9. The number of nitriles is 1. The fourth-order valence-electron chi connectivity index (χ4n) is 8.81. The van der Waals surface area contributed by atoms with Crippen molar-refractivity contribution in [1.29, 1.82) is 5.26 Å². The van der Waals surface area contributed by atoms with E-state index in [0.29, 0.717) is 11.3 Å². The van der Waals surface area contributed by atoms with Gasteiger partial charge < -0.3 is 13.7 Å². The average molecular weight is 700 g/mol. The number of rotatable bonds is 4. The summed E-state index contributed by atoms with van der Waals surface area (Å²) in [6.07, 6.45) is 0. The second kappa shape index (κ2) is 11.8. The Bertz CT molecular complexity index is 3400. The number of aromatic nitrogens is 3. The molecule has 8 aromatic carbocycles. The molecular weight excluding hydrogens is 671 g/mol. The fourth-order valence-corrected chi connectivity index (χ4v) is 8.81. The molecule has 0 N–H and O–H groups in total. The molecule has 0 aliphatic heterocycles. The molecule has 0 bridgehead atoms. The van der Waals surface area contributed by atoms with Crippen LogP contribution in [-0.2, 0) is 0 Å². The average Bonchev–Trinajstić information content (AvgIpc) is 3.89. The van der Waals surface area contributed by atoms with E-state index in [4.69, 9.17) is 6.57 Å². The Kier molecular flexibility index (Phi) is 6.61. The van der Waals surface area contributed by atoms with Crippen LogP contribution in [0.2, 0.25) is 0 Å². The van der Waals surface area contributed by atoms with Gasteiger partial charge in [0.25, 0.3) is 0 Å². The summed E-state index contributed by atoms with van der Waals surface area (Å²) < 4.78 is 6.86. The van der Waals surface area contributed by atoms with Crippen LogP contribution in [0.15, 0.2) is 176 Å². The number of hydrogen-bond donors (Lipinski definition) is 0. The Morgan fingerprint density at radius 1 is 0.418 bits per heavy atom. The Labute approximate surface area is 316 Å². The minimum absolute atomic E-state index is 0.490. The van der Waals surface area contributed by atoms with E-state index in [0.717, 1.165) is 72.1 Å². The van der Waals surface area contributed by atoms with Crippen LogP contribution >= 0.6 is 0 Å². The van der Waals surface area contributed by atoms with Gasteiger partial charge in [0.15, 0.2) is 5.69 Å². The van der Waals surface area contributed by atoms with E-state index in [1.165, 1.54) is 21.5 Å². The number of nitrogens with zero attached hydrogens (tertiary/aromatic N) is 5. The third-order valence-corrected chi connectivity index (χ3v) is 11.1. The molecule has 5 heteroatoms. The molecule has 0 amide bonds. The molecule has 0 saturated carbocycles. The maximum atomic E-state index is 10.5. The molecule has 0 aliphatic rings. The first kappa shape index (κ1) is 30.7. The molecule has 0 atom stereocenters. The molecule has 55 heavy (non-hydrogen) atoms. The van der Waals surface area contributed by atoms with Gasteiger partial charge >= 0.3 is 0 Å². The molecule has 254 valence electrons. The normalized spacial score (nSPS) is 11.6. The van der Waals surface area contributed by atoms with E-state index in [1.54, 1.807) is 0 Å². The van der Waals surface area contributed by atoms with Crippen molar-refractivity contribution in [2.45, 2.75) is 0 Å². The molecule has 0 spiro atoms. The summed E-state index contributed by atoms with van der Waals surface area (Å²) in [6, 6.07) is 63.3. The predicted octanol–water partition coefficient (Wildman–Crippen LogP) is 13.1. The smallest absolute Gasteiger partial charge is 0.197 e. The van der Waals surface area contributed by atoms with Gasteiger partial charge in [-0.3, -0.25) is 0 Å². The topological polar surface area (TPSA) is 42.9 Å². The third kappa shape index (κ3) is 4.39. The van der Waals surface area contributed by atoms with Gasteiger partial charge in [-0.25, -0.2) is 4.85 Å². The number of para-hydroxylation sites is 5. The lowest BCUT2D eigenvalue weighted by Gasteiger charge is -2.14. The number of benzene rings is 8. The molecule has 0 fully saturated rings. The van der Waals surface area contributed by atoms with Crippen LogP contribution in [-0.4, -0.2) is 13.7 Å². The van der Waals surface area contributed by atoms with Crippen molar-refractivity contribution < 1.29 is 0 Å². The van der Waals surface area contributed by atoms with Gasteiger partial charge in [0.2, 0.25) is 0 Å². The van der Waals surface area contributed by atoms with Crippen LogP contribution < -0.4 is 0 Å². The van der Waals surface area contributed by atoms with E-state index >= 15 is 0 Å². The van der Waals surface area contributed by atoms with Gasteiger partial charge in [0, 0.05) is 49.4 Å². The molecule has 0 radical (unpaired) electrons. The minimum Gasteiger partial charge on any atom is -0.310 e. The van der Waals surface area contributed by atoms with E-state index in [1.807, 2.05) is 36.4 Å². The summed E-state index contributed by atoms with van der Waals surface area (Å²) in [5.41, 5.74) is 12.0. The zero-order chi connectivity index (χ0) is 36.6. The summed E-state index contributed by atoms with van der Waals surface area (Å²) in [4.78, 5) is 4.06. The Morgan fingerprint density at radius 3 is 1.56 bits per heavy atom. The van der Waals surface area contributed by atoms with Crippen LogP contribution in [0.5, 0.6) is 0 Å². The maximum absolute atomic E-state index is 10.5. The lowest BCUT2D eigenvalue weighted by molar-refractivity contribution is 1.17. The Hall–Kier alpha value is -7.86. The molecule has 3 aromatic heterocycles. The van der Waals surface area contributed by atoms with Crippen LogP contribution in [0.25, 0.3) is 98.5 Å². The van der Waals surface area contributed by atoms with Gasteiger partial charge in [-0.1, -0.05) is 109 Å². The standard InChI is InChI=1S/C50H29N5/c1-52-43-30-35(24-26-37(43)36-25-23-34(29-32(36)31-51)53-44-19-9-5-15-38(44)39-16-6-10-20-45(39)53)54-47-22-12-8-18-42(47)49-48(54)28-27-41-40-17-7-11-21-46(40)55(50(41)49)33-13-3-2-4-14-33/h2-30H. The monoisotopic (exact) mass is 699 g/mol. The molecule has 3 heterocycles. The van der Waals surface area contributed by atoms with Crippen molar-refractivity contribution in [2.24, 2.45) is 0 Å². The van der Waals surface area contributed by atoms with E-state index in [-0.39, 0.29) is 0 Å². The van der Waals surface area contributed by atoms with Crippen molar-refractivity contribution in [3.05, 3.63) is 193 Å². The van der Waals surface area contributed by atoms with E-state index < -0.39 is 0 Å². The van der Waals surface area contributed by atoms with E-state index in [9.17, 15) is 5.26 Å². The Balaban J connectivity index is 1.11. The molecule has 5 nitrogen and oxygen atoms in total. The van der Waals surface area contributed by atoms with Gasteiger partial charge in [-0.05, 0) is 77.9 Å². The first-order valence-corrected chi connectivity index (χ1v) is 18.3. The minimum atomic E-state index is 0.490. The third-order valence-electron chi connectivity index (χ3n) is 11.1. The lowest BCUT2D eigenvalue weighted by atomic mass is 9.97. The van der Waals surface area contributed by atoms with Gasteiger partial charge in [0.05, 0.1) is 51.3 Å². The summed E-state index contributed by atoms with van der Waals surface area (Å²) in [6.45, 7) is 8.36. The van der Waals surface area contributed by atoms with Crippen LogP contribution in [0.4, 0.5) is 5.69 Å². The largest absolute Gasteiger partial charge is 0.310 e. The summed E-state index contributed by atoms with van der Waals surface area (Å²) in [7, 11) is 0. The number of hydrogen-bond acceptors (Lipinski definition) is 1. The first-order chi connectivity index (χ1) is 27.2. The highest BCUT2D eigenvalue weighted by Crippen LogP contribution is 2.43. The molecular formula is C50H29N5. The summed E-state index contributed by atoms with van der Waals surface area (Å²) in [5.74, 6) is 0. The summed E-state index contributed by atoms with van der Waals surface area (Å²) >= 11 is 0. The van der Waals surface area contributed by atoms with Gasteiger partial charge in [-0.2, -0.15) is 5.26 Å². The zero-order valence-corrected chi connectivity index (χ0v) is 29.5. The van der Waals surface area contributed by atoms with Gasteiger partial charge in [-0.15, -0.1) is 0 Å². The SMILES string of the molecule is [C-]#[N+]c1cc(-n2c3ccccc3c3c2ccc2c4ccccc4n(-c4ccccc4)c23)ccc1-c1ccc(-n2c3ccccc3c3ccccc32)cc1C#N. The van der Waals surface area contributed by atoms with Gasteiger partial charge in [0.1, 0.15) is 0 Å². The molecule has 0 unspecified atom stereocenters. The van der Waals surface area contributed by atoms with Crippen LogP contribution in [0.1, 0.15) is 5.56 Å². The van der Waals surface area contributed by atoms with Crippen LogP contribution in [0, 0.1) is 17.9 Å². The molecule has 11 aromatic rings. The fraction of sp³-hybridized carbons (Fsp3) is 0. The molecule has 0 saturated heterocycles. The van der Waals surface area contributed by atoms with Crippen molar-refractivity contribution in [2.75, 3.05) is 0 Å². The van der Waals surface area contributed by atoms with Crippen molar-refractivity contribution >= 4 is 71.1 Å². The summed E-state index contributed by atoms with van der Waals surface area (Å²) in [5, 5.41) is 17.6. The quantitative estimate of drug-likeness (QED) is 0.169. The second-order valence-electron chi connectivity index (χ2n) is 13.9. The zero-order valence-electron chi connectivity index (χ0n) is 29.5. The van der Waals surface area contributed by atoms with Crippen molar-refractivity contribution in [1.82, 2.24) is 13.7 Å². The highest BCUT2D eigenvalue weighted by Gasteiger charge is 2.22. The van der Waals surface area contributed by atoms with E-state index in [2.05, 4.69) is 164 Å². The highest BCUT2D eigenvalue weighted by molar-refractivity contribution is 6.26. The highest BCUT2D eigenvalue weighted by atomic mass is 15.0. The Morgan fingerprint density at radius 2 is 0.927 bits per heavy atom. The lowest BCUT2D eigenvalue weighted by Crippen LogP contribution is -1.97. The van der Waals surface area contributed by atoms with Crippen molar-refractivity contribution in [3.63, 3.8) is 0 Å². The predicted molar refractivity (Wildman–Crippen MR) is 226 cm³/mol. The first-order valence-electron chi connectivity index (χ1n) is 18.3. The van der Waals surface area contributed by atoms with Crippen LogP contribution in [0.3, 0.4) is 0 Å².